The summed E-state index contributed by atoms with van der Waals surface area (Å²) < 4.78 is 17.6. The van der Waals surface area contributed by atoms with E-state index in [1.54, 1.807) is 43.5 Å². The van der Waals surface area contributed by atoms with Gasteiger partial charge in [0.15, 0.2) is 17.3 Å². The third-order valence-electron chi connectivity index (χ3n) is 4.66. The lowest BCUT2D eigenvalue weighted by atomic mass is 10.2. The molecule has 0 aliphatic heterocycles. The Bertz CT molecular complexity index is 1340. The van der Waals surface area contributed by atoms with E-state index in [0.717, 1.165) is 10.9 Å². The fraction of sp³-hybridized carbons (Fsp3) is 0.0833. The number of halogens is 3. The van der Waals surface area contributed by atoms with Gasteiger partial charge in [0.1, 0.15) is 12.2 Å². The predicted octanol–water partition coefficient (Wildman–Crippen LogP) is 6.85. The van der Waals surface area contributed by atoms with Gasteiger partial charge in [0.2, 0.25) is 0 Å². The summed E-state index contributed by atoms with van der Waals surface area (Å²) in [5, 5.41) is 5.99. The second-order valence-electron chi connectivity index (χ2n) is 6.93. The number of furan rings is 1. The smallest absolute Gasteiger partial charge is 0.307 e. The summed E-state index contributed by atoms with van der Waals surface area (Å²) in [6, 6.07) is 17.7. The Morgan fingerprint density at radius 1 is 1.06 bits per heavy atom. The summed E-state index contributed by atoms with van der Waals surface area (Å²) in [6.45, 7) is 0.353. The van der Waals surface area contributed by atoms with Gasteiger partial charge in [-0.3, -0.25) is 4.79 Å². The molecule has 0 fully saturated rings. The van der Waals surface area contributed by atoms with Gasteiger partial charge in [0.25, 0.3) is 0 Å². The zero-order valence-corrected chi connectivity index (χ0v) is 20.4. The van der Waals surface area contributed by atoms with Gasteiger partial charge >= 0.3 is 5.91 Å². The highest BCUT2D eigenvalue weighted by molar-refractivity contribution is 9.10. The number of hydrogen-bond donors (Lipinski definition) is 1. The van der Waals surface area contributed by atoms with Gasteiger partial charge in [-0.15, -0.1) is 0 Å². The van der Waals surface area contributed by atoms with E-state index in [2.05, 4.69) is 26.5 Å². The zero-order chi connectivity index (χ0) is 23.4. The van der Waals surface area contributed by atoms with E-state index in [-0.39, 0.29) is 5.76 Å². The third kappa shape index (κ3) is 5.68. The van der Waals surface area contributed by atoms with Crippen molar-refractivity contribution in [3.05, 3.63) is 92.1 Å². The summed E-state index contributed by atoms with van der Waals surface area (Å²) in [6.07, 6.45) is 1.49. The van der Waals surface area contributed by atoms with E-state index in [1.807, 2.05) is 24.3 Å². The first kappa shape index (κ1) is 23.2. The Labute approximate surface area is 208 Å². The molecule has 0 spiro atoms. The molecule has 0 saturated carbocycles. The van der Waals surface area contributed by atoms with Crippen molar-refractivity contribution < 1.29 is 18.7 Å². The monoisotopic (exact) mass is 546 g/mol. The van der Waals surface area contributed by atoms with E-state index < -0.39 is 5.91 Å². The van der Waals surface area contributed by atoms with Crippen LogP contribution < -0.4 is 14.9 Å². The van der Waals surface area contributed by atoms with E-state index in [0.29, 0.717) is 43.8 Å². The molecule has 0 atom stereocenters. The molecule has 1 heterocycles. The largest absolute Gasteiger partial charge is 0.493 e. The molecule has 33 heavy (non-hydrogen) atoms. The maximum Gasteiger partial charge on any atom is 0.307 e. The molecule has 0 unspecified atom stereocenters. The number of nitrogens with zero attached hydrogens (tertiary/aromatic N) is 1. The average Bonchev–Trinajstić information content (AvgIpc) is 3.23. The molecule has 168 valence electrons. The fourth-order valence-electron chi connectivity index (χ4n) is 3.01. The minimum atomic E-state index is -0.482. The molecular weight excluding hydrogens is 531 g/mol. The van der Waals surface area contributed by atoms with Crippen LogP contribution in [-0.2, 0) is 6.61 Å². The van der Waals surface area contributed by atoms with Gasteiger partial charge in [-0.25, -0.2) is 5.43 Å². The van der Waals surface area contributed by atoms with Gasteiger partial charge in [0, 0.05) is 25.5 Å². The standard InChI is InChI=1S/C24H17BrCl2N2O4/c1-31-21-10-16(19(25)11-22(21)32-13-14-2-4-17(26)5-3-14)12-28-29-24(30)23-9-15-8-18(27)6-7-20(15)33-23/h2-12H,13H2,1H3,(H,29,30)/b28-12+. The molecule has 4 aromatic rings. The number of methoxy groups -OCH3 is 1. The Kier molecular flexibility index (Phi) is 7.23. The number of benzene rings is 3. The van der Waals surface area contributed by atoms with Crippen LogP contribution in [0.5, 0.6) is 11.5 Å². The number of rotatable bonds is 7. The highest BCUT2D eigenvalue weighted by Crippen LogP contribution is 2.33. The van der Waals surface area contributed by atoms with Crippen molar-refractivity contribution in [2.45, 2.75) is 6.61 Å². The topological polar surface area (TPSA) is 73.1 Å². The van der Waals surface area contributed by atoms with Gasteiger partial charge in [-0.2, -0.15) is 5.10 Å². The van der Waals surface area contributed by atoms with E-state index in [9.17, 15) is 4.79 Å². The Balaban J connectivity index is 1.44. The van der Waals surface area contributed by atoms with Crippen LogP contribution in [0.15, 0.2) is 74.7 Å². The highest BCUT2D eigenvalue weighted by atomic mass is 79.9. The van der Waals surface area contributed by atoms with Crippen LogP contribution in [0, 0.1) is 0 Å². The van der Waals surface area contributed by atoms with Crippen LogP contribution >= 0.6 is 39.1 Å². The molecule has 1 N–H and O–H groups in total. The first-order chi connectivity index (χ1) is 15.9. The number of nitrogens with one attached hydrogen (secondary N) is 1. The SMILES string of the molecule is COc1cc(/C=N/NC(=O)c2cc3cc(Cl)ccc3o2)c(Br)cc1OCc1ccc(Cl)cc1. The number of ether oxygens (including phenoxy) is 2. The normalized spacial score (nSPS) is 11.2. The lowest BCUT2D eigenvalue weighted by Gasteiger charge is -2.13. The molecule has 0 aliphatic rings. The van der Waals surface area contributed by atoms with Crippen molar-refractivity contribution in [3.8, 4) is 11.5 Å². The van der Waals surface area contributed by atoms with Gasteiger partial charge < -0.3 is 13.9 Å². The Morgan fingerprint density at radius 3 is 2.58 bits per heavy atom. The van der Waals surface area contributed by atoms with Crippen LogP contribution in [0.3, 0.4) is 0 Å². The molecule has 0 saturated heterocycles. The zero-order valence-electron chi connectivity index (χ0n) is 17.3. The summed E-state index contributed by atoms with van der Waals surface area (Å²) >= 11 is 15.4. The van der Waals surface area contributed by atoms with Crippen molar-refractivity contribution in [2.75, 3.05) is 7.11 Å². The minimum absolute atomic E-state index is 0.131. The second-order valence-corrected chi connectivity index (χ2v) is 8.66. The van der Waals surface area contributed by atoms with Crippen LogP contribution in [0.4, 0.5) is 0 Å². The molecular formula is C24H17BrCl2N2O4. The number of hydrogen-bond acceptors (Lipinski definition) is 5. The summed E-state index contributed by atoms with van der Waals surface area (Å²) in [4.78, 5) is 12.4. The molecule has 1 amide bonds. The lowest BCUT2D eigenvalue weighted by Crippen LogP contribution is -2.16. The van der Waals surface area contributed by atoms with Crippen molar-refractivity contribution in [2.24, 2.45) is 5.10 Å². The minimum Gasteiger partial charge on any atom is -0.493 e. The number of amides is 1. The van der Waals surface area contributed by atoms with E-state index in [4.69, 9.17) is 37.1 Å². The van der Waals surface area contributed by atoms with Crippen LogP contribution in [0.25, 0.3) is 11.0 Å². The number of hydrazone groups is 1. The molecule has 9 heteroatoms. The van der Waals surface area contributed by atoms with Gasteiger partial charge in [-0.05, 0) is 70.0 Å². The van der Waals surface area contributed by atoms with Crippen LogP contribution in [0.2, 0.25) is 10.0 Å². The predicted molar refractivity (Wildman–Crippen MR) is 133 cm³/mol. The van der Waals surface area contributed by atoms with Crippen LogP contribution in [-0.4, -0.2) is 19.2 Å². The van der Waals surface area contributed by atoms with E-state index >= 15 is 0 Å². The van der Waals surface area contributed by atoms with Gasteiger partial charge in [-0.1, -0.05) is 35.3 Å². The van der Waals surface area contributed by atoms with Crippen molar-refractivity contribution in [1.29, 1.82) is 0 Å². The molecule has 4 rings (SSSR count). The average molecular weight is 548 g/mol. The molecule has 6 nitrogen and oxygen atoms in total. The number of carbonyl (C=O) groups is 1. The number of carbonyl (C=O) groups excluding carboxylic acids is 1. The Morgan fingerprint density at radius 2 is 1.82 bits per heavy atom. The molecule has 0 radical (unpaired) electrons. The fourth-order valence-corrected chi connectivity index (χ4v) is 3.74. The molecule has 1 aromatic heterocycles. The van der Waals surface area contributed by atoms with E-state index in [1.165, 1.54) is 6.21 Å². The van der Waals surface area contributed by atoms with Crippen molar-refractivity contribution in [1.82, 2.24) is 5.43 Å². The molecule has 3 aromatic carbocycles. The highest BCUT2D eigenvalue weighted by Gasteiger charge is 2.13. The quantitative estimate of drug-likeness (QED) is 0.203. The van der Waals surface area contributed by atoms with Crippen LogP contribution in [0.1, 0.15) is 21.7 Å². The maximum absolute atomic E-state index is 12.4. The lowest BCUT2D eigenvalue weighted by molar-refractivity contribution is 0.0929. The number of fused-ring (bicyclic) bond motifs is 1. The summed E-state index contributed by atoms with van der Waals surface area (Å²) in [7, 11) is 1.55. The Hall–Kier alpha value is -3.00. The third-order valence-corrected chi connectivity index (χ3v) is 5.84. The first-order valence-corrected chi connectivity index (χ1v) is 11.2. The maximum atomic E-state index is 12.4. The summed E-state index contributed by atoms with van der Waals surface area (Å²) in [5.41, 5.74) is 4.67. The molecule has 0 bridgehead atoms. The second kappa shape index (κ2) is 10.3. The molecule has 0 aliphatic carbocycles. The first-order valence-electron chi connectivity index (χ1n) is 9.70. The van der Waals surface area contributed by atoms with Crippen molar-refractivity contribution in [3.63, 3.8) is 0 Å². The van der Waals surface area contributed by atoms with Crippen molar-refractivity contribution >= 4 is 62.2 Å². The van der Waals surface area contributed by atoms with Gasteiger partial charge in [0.05, 0.1) is 13.3 Å². The summed E-state index contributed by atoms with van der Waals surface area (Å²) in [5.74, 6) is 0.729.